The van der Waals surface area contributed by atoms with Gasteiger partial charge in [0, 0.05) is 12.6 Å². The van der Waals surface area contributed by atoms with Gasteiger partial charge < -0.3 is 15.9 Å². The smallest absolute Gasteiger partial charge is 0.408 e. The third kappa shape index (κ3) is 2.09. The zero-order valence-corrected chi connectivity index (χ0v) is 7.01. The first-order chi connectivity index (χ1) is 6.02. The molecule has 1 aliphatic rings. The fourth-order valence-corrected chi connectivity index (χ4v) is 1.46. The number of nitrogens with zero attached hydrogens (tertiary/aromatic N) is 1. The van der Waals surface area contributed by atoms with Gasteiger partial charge in [-0.05, 0) is 12.8 Å². The Labute approximate surface area is 74.9 Å². The lowest BCUT2D eigenvalue weighted by Gasteiger charge is -2.33. The SMILES string of the molecule is N[C@H]1CCN(C(=O)O)[C@H](C(=O)O)C1. The molecule has 0 aromatic carbocycles. The second kappa shape index (κ2) is 3.61. The molecule has 0 aliphatic carbocycles. The van der Waals surface area contributed by atoms with Gasteiger partial charge >= 0.3 is 12.1 Å². The van der Waals surface area contributed by atoms with Crippen LogP contribution in [-0.2, 0) is 4.79 Å². The highest BCUT2D eigenvalue weighted by molar-refractivity contribution is 5.79. The maximum Gasteiger partial charge on any atom is 0.408 e. The molecule has 1 saturated heterocycles. The van der Waals surface area contributed by atoms with Crippen molar-refractivity contribution in [3.8, 4) is 0 Å². The van der Waals surface area contributed by atoms with E-state index in [0.717, 1.165) is 4.90 Å². The molecule has 1 aliphatic heterocycles. The van der Waals surface area contributed by atoms with Crippen LogP contribution in [0.3, 0.4) is 0 Å². The van der Waals surface area contributed by atoms with Gasteiger partial charge in [-0.15, -0.1) is 0 Å². The van der Waals surface area contributed by atoms with Gasteiger partial charge in [0.1, 0.15) is 6.04 Å². The molecule has 0 aromatic heterocycles. The number of aliphatic carboxylic acids is 1. The number of likely N-dealkylation sites (tertiary alicyclic amines) is 1. The standard InChI is InChI=1S/C7H12N2O4/c8-4-1-2-9(7(12)13)5(3-4)6(10)11/h4-5H,1-3,8H2,(H,10,11)(H,12,13)/t4-,5-/m0/s1. The van der Waals surface area contributed by atoms with Gasteiger partial charge in [-0.2, -0.15) is 0 Å². The summed E-state index contributed by atoms with van der Waals surface area (Å²) in [6, 6.07) is -1.20. The van der Waals surface area contributed by atoms with Crippen molar-refractivity contribution < 1.29 is 19.8 Å². The van der Waals surface area contributed by atoms with Gasteiger partial charge in [0.05, 0.1) is 0 Å². The van der Waals surface area contributed by atoms with Crippen LogP contribution in [0.15, 0.2) is 0 Å². The lowest BCUT2D eigenvalue weighted by Crippen LogP contribution is -2.52. The van der Waals surface area contributed by atoms with Crippen LogP contribution in [-0.4, -0.2) is 45.8 Å². The Morgan fingerprint density at radius 3 is 2.46 bits per heavy atom. The largest absolute Gasteiger partial charge is 0.480 e. The van der Waals surface area contributed by atoms with Gasteiger partial charge in [0.2, 0.25) is 0 Å². The van der Waals surface area contributed by atoms with Crippen LogP contribution in [0.25, 0.3) is 0 Å². The molecule has 1 rings (SSSR count). The monoisotopic (exact) mass is 188 g/mol. The van der Waals surface area contributed by atoms with Crippen molar-refractivity contribution >= 4 is 12.1 Å². The van der Waals surface area contributed by atoms with Gasteiger partial charge in [-0.1, -0.05) is 0 Å². The van der Waals surface area contributed by atoms with Crippen LogP contribution < -0.4 is 5.73 Å². The number of hydrogen-bond acceptors (Lipinski definition) is 3. The summed E-state index contributed by atoms with van der Waals surface area (Å²) in [5.41, 5.74) is 5.54. The minimum atomic E-state index is -1.20. The fourth-order valence-electron chi connectivity index (χ4n) is 1.46. The van der Waals surface area contributed by atoms with Gasteiger partial charge in [-0.3, -0.25) is 4.90 Å². The van der Waals surface area contributed by atoms with E-state index in [2.05, 4.69) is 0 Å². The van der Waals surface area contributed by atoms with Crippen LogP contribution in [0.2, 0.25) is 0 Å². The first-order valence-electron chi connectivity index (χ1n) is 4.00. The highest BCUT2D eigenvalue weighted by Crippen LogP contribution is 2.16. The first kappa shape index (κ1) is 9.79. The average molecular weight is 188 g/mol. The van der Waals surface area contributed by atoms with E-state index in [-0.39, 0.29) is 19.0 Å². The number of carboxylic acid groups (broad SMARTS) is 2. The van der Waals surface area contributed by atoms with Gasteiger partial charge in [0.25, 0.3) is 0 Å². The molecule has 1 amide bonds. The summed E-state index contributed by atoms with van der Waals surface area (Å²) in [5.74, 6) is -1.13. The molecule has 13 heavy (non-hydrogen) atoms. The molecule has 1 fully saturated rings. The Kier molecular flexibility index (Phi) is 2.72. The summed E-state index contributed by atoms with van der Waals surface area (Å²) in [5, 5.41) is 17.4. The Bertz CT molecular complexity index is 231. The molecule has 0 radical (unpaired) electrons. The molecule has 6 nitrogen and oxygen atoms in total. The minimum absolute atomic E-state index is 0.196. The van der Waals surface area contributed by atoms with Crippen molar-refractivity contribution in [1.29, 1.82) is 0 Å². The number of amides is 1. The number of hydrogen-bond donors (Lipinski definition) is 3. The second-order valence-electron chi connectivity index (χ2n) is 3.11. The molecular formula is C7H12N2O4. The van der Waals surface area contributed by atoms with Crippen LogP contribution in [0.5, 0.6) is 0 Å². The molecule has 2 atom stereocenters. The zero-order chi connectivity index (χ0) is 10.0. The highest BCUT2D eigenvalue weighted by Gasteiger charge is 2.34. The van der Waals surface area contributed by atoms with E-state index in [1.165, 1.54) is 0 Å². The number of piperidine rings is 1. The summed E-state index contributed by atoms with van der Waals surface area (Å²) < 4.78 is 0. The van der Waals surface area contributed by atoms with Crippen molar-refractivity contribution in [2.24, 2.45) is 5.73 Å². The van der Waals surface area contributed by atoms with Gasteiger partial charge in [0.15, 0.2) is 0 Å². The van der Waals surface area contributed by atoms with E-state index in [1.807, 2.05) is 0 Å². The number of carboxylic acids is 1. The van der Waals surface area contributed by atoms with Crippen molar-refractivity contribution in [2.45, 2.75) is 24.9 Å². The maximum absolute atomic E-state index is 10.7. The lowest BCUT2D eigenvalue weighted by molar-refractivity contribution is -0.143. The molecule has 1 heterocycles. The zero-order valence-electron chi connectivity index (χ0n) is 7.01. The van der Waals surface area contributed by atoms with E-state index in [0.29, 0.717) is 6.42 Å². The topological polar surface area (TPSA) is 104 Å². The van der Waals surface area contributed by atoms with E-state index in [1.54, 1.807) is 0 Å². The molecular weight excluding hydrogens is 176 g/mol. The molecule has 0 unspecified atom stereocenters. The number of carbonyl (C=O) groups is 2. The second-order valence-corrected chi connectivity index (χ2v) is 3.11. The predicted octanol–water partition coefficient (Wildman–Crippen LogP) is -0.459. The molecule has 6 heteroatoms. The Balaban J connectivity index is 2.72. The normalized spacial score (nSPS) is 28.5. The van der Waals surface area contributed by atoms with Crippen molar-refractivity contribution in [2.75, 3.05) is 6.54 Å². The predicted molar refractivity (Wildman–Crippen MR) is 43.4 cm³/mol. The molecule has 4 N–H and O–H groups in total. The Hall–Kier alpha value is -1.30. The van der Waals surface area contributed by atoms with Crippen LogP contribution in [0, 0.1) is 0 Å². The summed E-state index contributed by atoms with van der Waals surface area (Å²) in [7, 11) is 0. The minimum Gasteiger partial charge on any atom is -0.480 e. The molecule has 0 aromatic rings. The quantitative estimate of drug-likeness (QED) is 0.516. The molecule has 0 spiro atoms. The van der Waals surface area contributed by atoms with E-state index >= 15 is 0 Å². The summed E-state index contributed by atoms with van der Waals surface area (Å²) in [6.07, 6.45) is -0.475. The number of rotatable bonds is 1. The number of nitrogens with two attached hydrogens (primary N) is 1. The fraction of sp³-hybridized carbons (Fsp3) is 0.714. The lowest BCUT2D eigenvalue weighted by atomic mass is 9.98. The van der Waals surface area contributed by atoms with Crippen LogP contribution in [0.4, 0.5) is 4.79 Å². The van der Waals surface area contributed by atoms with Crippen LogP contribution in [0.1, 0.15) is 12.8 Å². The third-order valence-electron chi connectivity index (χ3n) is 2.17. The third-order valence-corrected chi connectivity index (χ3v) is 2.17. The van der Waals surface area contributed by atoms with Gasteiger partial charge in [-0.25, -0.2) is 9.59 Å². The van der Waals surface area contributed by atoms with Crippen LogP contribution >= 0.6 is 0 Å². The molecule has 0 saturated carbocycles. The van der Waals surface area contributed by atoms with E-state index in [9.17, 15) is 9.59 Å². The first-order valence-corrected chi connectivity index (χ1v) is 4.00. The summed E-state index contributed by atoms with van der Waals surface area (Å²) >= 11 is 0. The molecule has 74 valence electrons. The Morgan fingerprint density at radius 1 is 1.38 bits per heavy atom. The summed E-state index contributed by atoms with van der Waals surface area (Å²) in [4.78, 5) is 22.2. The maximum atomic E-state index is 10.7. The van der Waals surface area contributed by atoms with Crippen molar-refractivity contribution in [3.63, 3.8) is 0 Å². The average Bonchev–Trinajstić information content (AvgIpc) is 2.03. The van der Waals surface area contributed by atoms with E-state index in [4.69, 9.17) is 15.9 Å². The van der Waals surface area contributed by atoms with Crippen molar-refractivity contribution in [1.82, 2.24) is 4.90 Å². The van der Waals surface area contributed by atoms with Crippen molar-refractivity contribution in [3.05, 3.63) is 0 Å². The summed E-state index contributed by atoms with van der Waals surface area (Å²) in [6.45, 7) is 0.202. The highest BCUT2D eigenvalue weighted by atomic mass is 16.4. The molecule has 0 bridgehead atoms. The Morgan fingerprint density at radius 2 is 2.00 bits per heavy atom. The van der Waals surface area contributed by atoms with E-state index < -0.39 is 18.1 Å².